The Morgan fingerprint density at radius 3 is 2.50 bits per heavy atom. The molecule has 0 bridgehead atoms. The van der Waals surface area contributed by atoms with Gasteiger partial charge < -0.3 is 16.2 Å². The number of hydrogen-bond acceptors (Lipinski definition) is 4. The van der Waals surface area contributed by atoms with E-state index in [4.69, 9.17) is 22.7 Å². The predicted octanol–water partition coefficient (Wildman–Crippen LogP) is 3.96. The molecule has 1 saturated heterocycles. The molecule has 1 heterocycles. The number of nitrogens with one attached hydrogen (secondary N) is 1. The quantitative estimate of drug-likeness (QED) is 0.702. The first kappa shape index (κ1) is 18.6. The number of carbonyl (C=O) groups is 1. The molecule has 3 rings (SSSR count). The fraction of sp³-hybridized carbons (Fsp3) is 0.429. The second kappa shape index (κ2) is 8.01. The van der Waals surface area contributed by atoms with Crippen LogP contribution in [0.15, 0.2) is 29.2 Å². The number of rotatable bonds is 4. The molecule has 0 radical (unpaired) electrons. The van der Waals surface area contributed by atoms with Crippen molar-refractivity contribution in [1.82, 2.24) is 0 Å². The zero-order valence-corrected chi connectivity index (χ0v) is 15.5. The molecule has 1 saturated carbocycles. The van der Waals surface area contributed by atoms with E-state index in [0.29, 0.717) is 23.2 Å². The van der Waals surface area contributed by atoms with Crippen LogP contribution in [-0.2, 0) is 4.79 Å². The monoisotopic (exact) mass is 368 g/mol. The predicted molar refractivity (Wildman–Crippen MR) is 107 cm³/mol. The standard InChI is InChI=1S/C21H24N2O2S/c1-2-13-3-9-16(10-4-13)19(22)21-20(23)17(12-26-21)15-7-5-14(6-8-15)11-18(24)25/h1,3-4,9-10,14-15,17,23H,5-8,11-12,22H2,(H,24,25)/b21-19+,23-20?/t14?,15?,17-/m1/s1. The summed E-state index contributed by atoms with van der Waals surface area (Å²) < 4.78 is 0. The molecule has 136 valence electrons. The van der Waals surface area contributed by atoms with Crippen molar-refractivity contribution in [2.45, 2.75) is 32.1 Å². The molecule has 1 aromatic rings. The molecule has 0 amide bonds. The molecule has 1 atom stereocenters. The fourth-order valence-corrected chi connectivity index (χ4v) is 5.38. The zero-order valence-electron chi connectivity index (χ0n) is 14.7. The van der Waals surface area contributed by atoms with Gasteiger partial charge in [0.05, 0.1) is 16.3 Å². The molecule has 4 nitrogen and oxygen atoms in total. The van der Waals surface area contributed by atoms with Gasteiger partial charge in [0.2, 0.25) is 0 Å². The third kappa shape index (κ3) is 3.96. The van der Waals surface area contributed by atoms with E-state index in [1.807, 2.05) is 24.3 Å². The van der Waals surface area contributed by atoms with E-state index in [1.165, 1.54) is 0 Å². The van der Waals surface area contributed by atoms with Crippen molar-refractivity contribution < 1.29 is 9.90 Å². The normalized spacial score (nSPS) is 27.8. The van der Waals surface area contributed by atoms with E-state index in [9.17, 15) is 4.79 Å². The van der Waals surface area contributed by atoms with Gasteiger partial charge in [-0.05, 0) is 55.2 Å². The summed E-state index contributed by atoms with van der Waals surface area (Å²) in [6.45, 7) is 0. The highest BCUT2D eigenvalue weighted by molar-refractivity contribution is 8.04. The van der Waals surface area contributed by atoms with Crippen LogP contribution < -0.4 is 5.73 Å². The lowest BCUT2D eigenvalue weighted by molar-refractivity contribution is -0.138. The molecule has 0 unspecified atom stereocenters. The molecule has 0 spiro atoms. The lowest BCUT2D eigenvalue weighted by atomic mass is 9.74. The Morgan fingerprint density at radius 1 is 1.27 bits per heavy atom. The second-order valence-electron chi connectivity index (χ2n) is 7.17. The maximum atomic E-state index is 10.9. The Morgan fingerprint density at radius 2 is 1.92 bits per heavy atom. The van der Waals surface area contributed by atoms with Crippen molar-refractivity contribution >= 4 is 29.1 Å². The number of nitrogens with two attached hydrogens (primary N) is 1. The van der Waals surface area contributed by atoms with Crippen molar-refractivity contribution in [2.24, 2.45) is 23.5 Å². The fourth-order valence-electron chi connectivity index (χ4n) is 4.02. The average molecular weight is 369 g/mol. The summed E-state index contributed by atoms with van der Waals surface area (Å²) in [5.74, 6) is 3.77. The number of benzene rings is 1. The van der Waals surface area contributed by atoms with Crippen LogP contribution in [-0.4, -0.2) is 22.5 Å². The number of terminal acetylenes is 1. The molecular formula is C21H24N2O2S. The number of hydrogen-bond donors (Lipinski definition) is 3. The highest BCUT2D eigenvalue weighted by Gasteiger charge is 2.36. The molecule has 0 aromatic heterocycles. The van der Waals surface area contributed by atoms with Crippen LogP contribution in [0.25, 0.3) is 5.70 Å². The molecule has 2 aliphatic rings. The highest BCUT2D eigenvalue weighted by Crippen LogP contribution is 2.44. The number of allylic oxidation sites excluding steroid dienone is 1. The van der Waals surface area contributed by atoms with Crippen molar-refractivity contribution in [3.8, 4) is 12.3 Å². The van der Waals surface area contributed by atoms with Crippen LogP contribution in [0.5, 0.6) is 0 Å². The first-order valence-electron chi connectivity index (χ1n) is 8.99. The average Bonchev–Trinajstić information content (AvgIpc) is 3.03. The van der Waals surface area contributed by atoms with Gasteiger partial charge in [-0.1, -0.05) is 18.1 Å². The first-order valence-corrected chi connectivity index (χ1v) is 9.98. The van der Waals surface area contributed by atoms with Gasteiger partial charge >= 0.3 is 5.97 Å². The summed E-state index contributed by atoms with van der Waals surface area (Å²) in [4.78, 5) is 11.8. The maximum Gasteiger partial charge on any atom is 0.303 e. The van der Waals surface area contributed by atoms with Gasteiger partial charge in [-0.2, -0.15) is 0 Å². The van der Waals surface area contributed by atoms with Crippen molar-refractivity contribution in [3.63, 3.8) is 0 Å². The van der Waals surface area contributed by atoms with E-state index in [2.05, 4.69) is 5.92 Å². The number of aliphatic carboxylic acids is 1. The van der Waals surface area contributed by atoms with E-state index in [1.54, 1.807) is 11.8 Å². The SMILES string of the molecule is C#Cc1ccc(/C(N)=C2\SC[C@H](C3CCC(CC(=O)O)CC3)C2=N)cc1. The Balaban J connectivity index is 1.68. The third-order valence-electron chi connectivity index (χ3n) is 5.55. The van der Waals surface area contributed by atoms with Gasteiger partial charge in [0.25, 0.3) is 0 Å². The summed E-state index contributed by atoms with van der Waals surface area (Å²) >= 11 is 1.67. The van der Waals surface area contributed by atoms with Gasteiger partial charge in [-0.3, -0.25) is 4.79 Å². The Labute approximate surface area is 158 Å². The molecule has 26 heavy (non-hydrogen) atoms. The van der Waals surface area contributed by atoms with Crippen LogP contribution in [0.3, 0.4) is 0 Å². The van der Waals surface area contributed by atoms with Crippen molar-refractivity contribution in [3.05, 3.63) is 40.3 Å². The first-order chi connectivity index (χ1) is 12.5. The van der Waals surface area contributed by atoms with Crippen molar-refractivity contribution in [2.75, 3.05) is 5.75 Å². The lowest BCUT2D eigenvalue weighted by Crippen LogP contribution is -2.27. The Bertz CT molecular complexity index is 768. The number of carboxylic acid groups (broad SMARTS) is 1. The minimum atomic E-state index is -0.702. The summed E-state index contributed by atoms with van der Waals surface area (Å²) in [5, 5.41) is 17.6. The van der Waals surface area contributed by atoms with Gasteiger partial charge in [-0.25, -0.2) is 0 Å². The molecule has 4 N–H and O–H groups in total. The summed E-state index contributed by atoms with van der Waals surface area (Å²) in [7, 11) is 0. The van der Waals surface area contributed by atoms with Crippen LogP contribution in [0, 0.1) is 35.5 Å². The van der Waals surface area contributed by atoms with Crippen LogP contribution in [0.1, 0.15) is 43.2 Å². The second-order valence-corrected chi connectivity index (χ2v) is 8.20. The minimum Gasteiger partial charge on any atom is -0.481 e. The maximum absolute atomic E-state index is 10.9. The molecule has 5 heteroatoms. The zero-order chi connectivity index (χ0) is 18.7. The van der Waals surface area contributed by atoms with E-state index in [0.717, 1.165) is 47.5 Å². The summed E-state index contributed by atoms with van der Waals surface area (Å²) in [6.07, 6.45) is 9.59. The van der Waals surface area contributed by atoms with Crippen LogP contribution in [0.2, 0.25) is 0 Å². The lowest BCUT2D eigenvalue weighted by Gasteiger charge is -2.31. The van der Waals surface area contributed by atoms with E-state index >= 15 is 0 Å². The van der Waals surface area contributed by atoms with Gasteiger partial charge in [0.15, 0.2) is 0 Å². The molecule has 1 aromatic carbocycles. The van der Waals surface area contributed by atoms with E-state index in [-0.39, 0.29) is 12.3 Å². The Kier molecular flexibility index (Phi) is 5.73. The Hall–Kier alpha value is -2.19. The molecule has 1 aliphatic carbocycles. The van der Waals surface area contributed by atoms with Gasteiger partial charge in [0, 0.05) is 23.7 Å². The van der Waals surface area contributed by atoms with Gasteiger partial charge in [0.1, 0.15) is 0 Å². The topological polar surface area (TPSA) is 87.2 Å². The van der Waals surface area contributed by atoms with E-state index < -0.39 is 5.97 Å². The smallest absolute Gasteiger partial charge is 0.303 e. The van der Waals surface area contributed by atoms with Crippen LogP contribution in [0.4, 0.5) is 0 Å². The van der Waals surface area contributed by atoms with Crippen LogP contribution >= 0.6 is 11.8 Å². The third-order valence-corrected chi connectivity index (χ3v) is 6.81. The molecular weight excluding hydrogens is 344 g/mol. The molecule has 2 fully saturated rings. The summed E-state index contributed by atoms with van der Waals surface area (Å²) in [6, 6.07) is 7.56. The largest absolute Gasteiger partial charge is 0.481 e. The summed E-state index contributed by atoms with van der Waals surface area (Å²) in [5.41, 5.74) is 9.38. The van der Waals surface area contributed by atoms with Crippen molar-refractivity contribution in [1.29, 1.82) is 5.41 Å². The minimum absolute atomic E-state index is 0.226. The highest BCUT2D eigenvalue weighted by atomic mass is 32.2. The molecule has 1 aliphatic heterocycles. The number of thioether (sulfide) groups is 1. The number of carboxylic acids is 1. The van der Waals surface area contributed by atoms with Gasteiger partial charge in [-0.15, -0.1) is 18.2 Å².